The Hall–Kier alpha value is -2.41. The second kappa shape index (κ2) is 15.6. The first-order chi connectivity index (χ1) is 24.7. The highest BCUT2D eigenvalue weighted by molar-refractivity contribution is 9.10. The molecule has 1 atom stereocenters. The normalized spacial score (nSPS) is 16.7. The molecule has 0 saturated carbocycles. The minimum Gasteiger partial charge on any atom is -0.542 e. The van der Waals surface area contributed by atoms with Crippen molar-refractivity contribution in [3.8, 4) is 11.5 Å². The van der Waals surface area contributed by atoms with Crippen molar-refractivity contribution in [1.29, 1.82) is 0 Å². The number of carbonyl (C=O) groups excluding carboxylic acids is 1. The molecule has 0 bridgehead atoms. The fourth-order valence-electron chi connectivity index (χ4n) is 9.52. The molecule has 1 aromatic heterocycles. The van der Waals surface area contributed by atoms with Crippen LogP contribution in [0.5, 0.6) is 11.5 Å². The standard InChI is InChI=1S/C42H55BrCl2N2O4Si2/c1-24(2)52(25(3)4,26(5)6)50-39-35-14-13-19-46-38(35)40(51-53(27(7)8,28(9)10)29(11)12)36-37(39)42(49,31-15-17-32(43)18-16-31)47(41(36)48)23-30-20-33(44)22-34(45)21-30/h13-22,24-29,49H,23H2,1-12H3. The lowest BCUT2D eigenvalue weighted by Crippen LogP contribution is -2.51. The summed E-state index contributed by atoms with van der Waals surface area (Å²) in [5.74, 6) is 0.539. The van der Waals surface area contributed by atoms with E-state index in [-0.39, 0.29) is 45.7 Å². The summed E-state index contributed by atoms with van der Waals surface area (Å²) in [5.41, 5.74) is 1.76. The van der Waals surface area contributed by atoms with Gasteiger partial charge in [0.2, 0.25) is 0 Å². The summed E-state index contributed by atoms with van der Waals surface area (Å²) < 4.78 is 16.1. The van der Waals surface area contributed by atoms with E-state index in [1.165, 1.54) is 4.90 Å². The number of aromatic nitrogens is 1. The Morgan fingerprint density at radius 1 is 0.755 bits per heavy atom. The summed E-state index contributed by atoms with van der Waals surface area (Å²) >= 11 is 16.6. The molecular weight excluding hydrogens is 803 g/mol. The maximum atomic E-state index is 15.6. The van der Waals surface area contributed by atoms with Crippen LogP contribution in [0.2, 0.25) is 43.3 Å². The Labute approximate surface area is 337 Å². The van der Waals surface area contributed by atoms with Crippen LogP contribution in [0.15, 0.2) is 65.3 Å². The highest BCUT2D eigenvalue weighted by Crippen LogP contribution is 2.57. The molecule has 286 valence electrons. The maximum absolute atomic E-state index is 15.6. The third kappa shape index (κ3) is 7.01. The zero-order valence-corrected chi connectivity index (χ0v) is 38.2. The average molecular weight is 859 g/mol. The summed E-state index contributed by atoms with van der Waals surface area (Å²) in [6, 6.07) is 16.6. The van der Waals surface area contributed by atoms with Crippen LogP contribution in [-0.2, 0) is 12.3 Å². The predicted octanol–water partition coefficient (Wildman–Crippen LogP) is 13.3. The number of hydrogen-bond acceptors (Lipinski definition) is 5. The van der Waals surface area contributed by atoms with Gasteiger partial charge in [-0.2, -0.15) is 0 Å². The molecule has 0 radical (unpaired) electrons. The molecule has 1 aliphatic rings. The fourth-order valence-corrected chi connectivity index (χ4v) is 20.9. The Kier molecular flexibility index (Phi) is 12.3. The van der Waals surface area contributed by atoms with Crippen LogP contribution in [0.3, 0.4) is 0 Å². The summed E-state index contributed by atoms with van der Waals surface area (Å²) in [6.45, 7) is 26.8. The van der Waals surface area contributed by atoms with Gasteiger partial charge >= 0.3 is 0 Å². The van der Waals surface area contributed by atoms with E-state index in [4.69, 9.17) is 37.0 Å². The molecule has 53 heavy (non-hydrogen) atoms. The minimum atomic E-state index is -2.70. The van der Waals surface area contributed by atoms with Crippen LogP contribution >= 0.6 is 39.1 Å². The smallest absolute Gasteiger partial charge is 0.261 e. The van der Waals surface area contributed by atoms with Gasteiger partial charge in [-0.05, 0) is 81.3 Å². The molecule has 0 fully saturated rings. The number of rotatable bonds is 13. The lowest BCUT2D eigenvalue weighted by Gasteiger charge is -2.44. The van der Waals surface area contributed by atoms with E-state index < -0.39 is 22.4 Å². The van der Waals surface area contributed by atoms with Crippen LogP contribution in [0.1, 0.15) is 110 Å². The summed E-state index contributed by atoms with van der Waals surface area (Å²) in [5, 5.41) is 15.3. The number of carbonyl (C=O) groups is 1. The highest BCUT2D eigenvalue weighted by atomic mass is 79.9. The van der Waals surface area contributed by atoms with Crippen molar-refractivity contribution in [2.24, 2.45) is 0 Å². The van der Waals surface area contributed by atoms with E-state index in [9.17, 15) is 5.11 Å². The van der Waals surface area contributed by atoms with Gasteiger partial charge in [0.15, 0.2) is 5.72 Å². The summed E-state index contributed by atoms with van der Waals surface area (Å²) in [4.78, 5) is 22.1. The van der Waals surface area contributed by atoms with E-state index in [1.54, 1.807) is 24.4 Å². The van der Waals surface area contributed by atoms with Crippen LogP contribution in [0, 0.1) is 0 Å². The zero-order chi connectivity index (χ0) is 39.4. The van der Waals surface area contributed by atoms with Crippen molar-refractivity contribution in [3.63, 3.8) is 0 Å². The molecule has 5 rings (SSSR count). The van der Waals surface area contributed by atoms with Gasteiger partial charge in [0, 0.05) is 38.2 Å². The largest absolute Gasteiger partial charge is 0.542 e. The van der Waals surface area contributed by atoms with Gasteiger partial charge < -0.3 is 14.0 Å². The number of aliphatic hydroxyl groups is 1. The van der Waals surface area contributed by atoms with Crippen LogP contribution in [-0.4, -0.2) is 37.5 Å². The number of nitrogens with zero attached hydrogens (tertiary/aromatic N) is 2. The third-order valence-electron chi connectivity index (χ3n) is 11.7. The molecule has 1 unspecified atom stereocenters. The number of amides is 1. The number of pyridine rings is 1. The molecule has 3 aromatic carbocycles. The van der Waals surface area contributed by atoms with Crippen molar-refractivity contribution < 1.29 is 18.8 Å². The molecule has 0 spiro atoms. The maximum Gasteiger partial charge on any atom is 0.261 e. The van der Waals surface area contributed by atoms with Crippen LogP contribution < -0.4 is 8.85 Å². The predicted molar refractivity (Wildman–Crippen MR) is 229 cm³/mol. The zero-order valence-electron chi connectivity index (χ0n) is 33.1. The molecule has 1 amide bonds. The van der Waals surface area contributed by atoms with Crippen molar-refractivity contribution in [1.82, 2.24) is 9.88 Å². The highest BCUT2D eigenvalue weighted by Gasteiger charge is 2.58. The molecular formula is C42H55BrCl2N2O4Si2. The van der Waals surface area contributed by atoms with Gasteiger partial charge in [-0.3, -0.25) is 14.7 Å². The average Bonchev–Trinajstić information content (AvgIpc) is 3.28. The second-order valence-corrected chi connectivity index (χ2v) is 29.0. The molecule has 1 aliphatic heterocycles. The molecule has 0 saturated heterocycles. The molecule has 11 heteroatoms. The van der Waals surface area contributed by atoms with Gasteiger partial charge in [0.25, 0.3) is 22.5 Å². The molecule has 6 nitrogen and oxygen atoms in total. The van der Waals surface area contributed by atoms with E-state index in [1.807, 2.05) is 36.4 Å². The Balaban J connectivity index is 2.01. The fraction of sp³-hybridized carbons (Fsp3) is 0.476. The van der Waals surface area contributed by atoms with Gasteiger partial charge in [-0.25, -0.2) is 0 Å². The first kappa shape index (κ1) is 41.8. The third-order valence-corrected chi connectivity index (χ3v) is 24.6. The lowest BCUT2D eigenvalue weighted by atomic mass is 9.90. The minimum absolute atomic E-state index is 0.0191. The summed E-state index contributed by atoms with van der Waals surface area (Å²) in [7, 11) is -5.38. The van der Waals surface area contributed by atoms with Gasteiger partial charge in [0.1, 0.15) is 17.0 Å². The van der Waals surface area contributed by atoms with Gasteiger partial charge in [-0.1, -0.05) is 134 Å². The van der Waals surface area contributed by atoms with E-state index in [2.05, 4.69) is 99.0 Å². The Morgan fingerprint density at radius 3 is 1.70 bits per heavy atom. The van der Waals surface area contributed by atoms with Crippen molar-refractivity contribution in [2.45, 2.75) is 129 Å². The molecule has 1 N–H and O–H groups in total. The Bertz CT molecular complexity index is 1920. The van der Waals surface area contributed by atoms with E-state index in [0.29, 0.717) is 49.3 Å². The molecule has 2 heterocycles. The van der Waals surface area contributed by atoms with Gasteiger partial charge in [0.05, 0.1) is 11.1 Å². The number of fused-ring (bicyclic) bond motifs is 2. The first-order valence-corrected chi connectivity index (χ1v) is 24.7. The number of benzene rings is 3. The number of halogens is 3. The van der Waals surface area contributed by atoms with Gasteiger partial charge in [-0.15, -0.1) is 0 Å². The monoisotopic (exact) mass is 856 g/mol. The summed E-state index contributed by atoms with van der Waals surface area (Å²) in [6.07, 6.45) is 1.75. The quantitative estimate of drug-likeness (QED) is 0.136. The van der Waals surface area contributed by atoms with E-state index in [0.717, 1.165) is 9.86 Å². The SMILES string of the molecule is CC(C)[Si](Oc1c2c(c(O[Si](C(C)C)(C(C)C)C(C)C)c3ncccc13)C(=O)N(Cc1cc(Cl)cc(Cl)c1)C2(O)c1ccc(Br)cc1)(C(C)C)C(C)C. The topological polar surface area (TPSA) is 71.9 Å². The van der Waals surface area contributed by atoms with Crippen LogP contribution in [0.25, 0.3) is 10.9 Å². The molecule has 0 aliphatic carbocycles. The van der Waals surface area contributed by atoms with E-state index >= 15 is 4.79 Å². The van der Waals surface area contributed by atoms with Crippen molar-refractivity contribution in [3.05, 3.63) is 97.6 Å². The van der Waals surface area contributed by atoms with Crippen molar-refractivity contribution >= 4 is 72.6 Å². The lowest BCUT2D eigenvalue weighted by molar-refractivity contribution is -0.0550. The van der Waals surface area contributed by atoms with Crippen molar-refractivity contribution in [2.75, 3.05) is 0 Å². The first-order valence-electron chi connectivity index (χ1n) is 18.8. The molecule has 4 aromatic rings. The Morgan fingerprint density at radius 2 is 1.23 bits per heavy atom. The second-order valence-electron chi connectivity index (χ2n) is 16.5. The number of hydrogen-bond donors (Lipinski definition) is 1. The van der Waals surface area contributed by atoms with Crippen LogP contribution in [0.4, 0.5) is 0 Å².